The van der Waals surface area contributed by atoms with Gasteiger partial charge in [-0.15, -0.1) is 11.3 Å². The van der Waals surface area contributed by atoms with Crippen molar-refractivity contribution in [2.75, 3.05) is 24.8 Å². The van der Waals surface area contributed by atoms with Gasteiger partial charge in [0.15, 0.2) is 0 Å². The lowest BCUT2D eigenvalue weighted by atomic mass is 10.3. The van der Waals surface area contributed by atoms with Crippen LogP contribution in [-0.4, -0.2) is 40.7 Å². The third kappa shape index (κ3) is 1.91. The second-order valence-electron chi connectivity index (χ2n) is 4.52. The third-order valence-electron chi connectivity index (χ3n) is 3.40. The molecule has 0 saturated carbocycles. The molecule has 18 heavy (non-hydrogen) atoms. The second kappa shape index (κ2) is 4.89. The smallest absolute Gasteiger partial charge is 0.0817 e. The van der Waals surface area contributed by atoms with Gasteiger partial charge in [-0.25, -0.2) is 9.79 Å². The summed E-state index contributed by atoms with van der Waals surface area (Å²) in [7, 11) is 0. The molecular formula is C12H18N4OS. The molecule has 0 spiro atoms. The number of nitrogens with zero attached hydrogens (tertiary/aromatic N) is 3. The molecule has 3 rings (SSSR count). The van der Waals surface area contributed by atoms with Crippen LogP contribution in [0.4, 0.5) is 0 Å². The third-order valence-corrected chi connectivity index (χ3v) is 4.27. The summed E-state index contributed by atoms with van der Waals surface area (Å²) >= 11 is 1.73. The number of aromatic nitrogens is 1. The van der Waals surface area contributed by atoms with Crippen LogP contribution in [0.15, 0.2) is 23.7 Å². The summed E-state index contributed by atoms with van der Waals surface area (Å²) in [5, 5.41) is 15.6. The van der Waals surface area contributed by atoms with Gasteiger partial charge in [0.2, 0.25) is 0 Å². The fourth-order valence-electron chi connectivity index (χ4n) is 2.56. The SMILES string of the molecule is NC1CCCN1N(CCO)n1ccc2sccc21. The van der Waals surface area contributed by atoms with E-state index in [1.54, 1.807) is 11.3 Å². The average molecular weight is 266 g/mol. The molecule has 0 amide bonds. The molecule has 0 aliphatic carbocycles. The molecule has 98 valence electrons. The zero-order chi connectivity index (χ0) is 12.5. The van der Waals surface area contributed by atoms with E-state index in [0.717, 1.165) is 19.4 Å². The van der Waals surface area contributed by atoms with Crippen LogP contribution in [-0.2, 0) is 0 Å². The van der Waals surface area contributed by atoms with Gasteiger partial charge in [0.05, 0.1) is 29.5 Å². The van der Waals surface area contributed by atoms with E-state index < -0.39 is 0 Å². The van der Waals surface area contributed by atoms with E-state index in [2.05, 4.69) is 32.3 Å². The largest absolute Gasteiger partial charge is 0.394 e. The van der Waals surface area contributed by atoms with E-state index in [4.69, 9.17) is 5.73 Å². The minimum absolute atomic E-state index is 0.0487. The Morgan fingerprint density at radius 3 is 3.11 bits per heavy atom. The molecule has 5 nitrogen and oxygen atoms in total. The van der Waals surface area contributed by atoms with Crippen LogP contribution in [0.5, 0.6) is 0 Å². The fraction of sp³-hybridized carbons (Fsp3) is 0.500. The molecular weight excluding hydrogens is 248 g/mol. The van der Waals surface area contributed by atoms with Crippen molar-refractivity contribution in [3.63, 3.8) is 0 Å². The zero-order valence-corrected chi connectivity index (χ0v) is 11.0. The van der Waals surface area contributed by atoms with E-state index in [-0.39, 0.29) is 12.8 Å². The molecule has 1 fully saturated rings. The highest BCUT2D eigenvalue weighted by molar-refractivity contribution is 7.17. The van der Waals surface area contributed by atoms with E-state index in [1.165, 1.54) is 10.2 Å². The summed E-state index contributed by atoms with van der Waals surface area (Å²) in [6, 6.07) is 4.21. The first kappa shape index (κ1) is 12.0. The Labute approximate surface area is 110 Å². The maximum atomic E-state index is 9.28. The van der Waals surface area contributed by atoms with Crippen LogP contribution in [0.3, 0.4) is 0 Å². The summed E-state index contributed by atoms with van der Waals surface area (Å²) in [4.78, 5) is 0. The van der Waals surface area contributed by atoms with E-state index in [0.29, 0.717) is 6.54 Å². The Morgan fingerprint density at radius 1 is 1.50 bits per heavy atom. The lowest BCUT2D eigenvalue weighted by molar-refractivity contribution is 0.159. The quantitative estimate of drug-likeness (QED) is 0.864. The number of aliphatic hydroxyl groups is 1. The molecule has 1 unspecified atom stereocenters. The van der Waals surface area contributed by atoms with Gasteiger partial charge >= 0.3 is 0 Å². The van der Waals surface area contributed by atoms with Crippen molar-refractivity contribution in [1.29, 1.82) is 0 Å². The number of hydrazine groups is 1. The highest BCUT2D eigenvalue weighted by Crippen LogP contribution is 2.24. The number of thiophene rings is 1. The Hall–Kier alpha value is -1.08. The number of aliphatic hydroxyl groups excluding tert-OH is 1. The standard InChI is InChI=1S/C12H18N4OS/c13-12-2-1-5-15(12)16(7-8-17)14-6-3-11-10(14)4-9-18-11/h3-4,6,9,12,17H,1-2,5,7-8,13H2. The van der Waals surface area contributed by atoms with E-state index in [1.807, 2.05) is 6.20 Å². The zero-order valence-electron chi connectivity index (χ0n) is 10.2. The molecule has 6 heteroatoms. The lowest BCUT2D eigenvalue weighted by Gasteiger charge is -2.36. The first-order valence-corrected chi connectivity index (χ1v) is 7.14. The van der Waals surface area contributed by atoms with Crippen molar-refractivity contribution >= 4 is 21.6 Å². The summed E-state index contributed by atoms with van der Waals surface area (Å²) in [6.07, 6.45) is 4.21. The monoisotopic (exact) mass is 266 g/mol. The Kier molecular flexibility index (Phi) is 3.25. The first-order valence-electron chi connectivity index (χ1n) is 6.26. The Bertz CT molecular complexity index is 523. The van der Waals surface area contributed by atoms with Gasteiger partial charge < -0.3 is 10.8 Å². The maximum absolute atomic E-state index is 9.28. The molecule has 1 aliphatic rings. The van der Waals surface area contributed by atoms with Gasteiger partial charge in [-0.3, -0.25) is 0 Å². The number of rotatable bonds is 4. The predicted octanol–water partition coefficient (Wildman–Crippen LogP) is 0.929. The van der Waals surface area contributed by atoms with Crippen LogP contribution in [0, 0.1) is 0 Å². The number of hydrogen-bond donors (Lipinski definition) is 2. The summed E-state index contributed by atoms with van der Waals surface area (Å²) < 4.78 is 3.35. The van der Waals surface area contributed by atoms with Crippen LogP contribution in [0.2, 0.25) is 0 Å². The summed E-state index contributed by atoms with van der Waals surface area (Å²) in [5.41, 5.74) is 7.30. The molecule has 0 aromatic carbocycles. The van der Waals surface area contributed by atoms with Gasteiger partial charge in [-0.2, -0.15) is 5.01 Å². The van der Waals surface area contributed by atoms with Crippen molar-refractivity contribution in [3.05, 3.63) is 23.7 Å². The van der Waals surface area contributed by atoms with Crippen molar-refractivity contribution in [3.8, 4) is 0 Å². The lowest BCUT2D eigenvalue weighted by Crippen LogP contribution is -2.55. The van der Waals surface area contributed by atoms with Crippen molar-refractivity contribution in [2.24, 2.45) is 5.73 Å². The first-order chi connectivity index (χ1) is 8.81. The van der Waals surface area contributed by atoms with Crippen LogP contribution in [0.25, 0.3) is 10.2 Å². The van der Waals surface area contributed by atoms with Crippen molar-refractivity contribution < 1.29 is 5.11 Å². The van der Waals surface area contributed by atoms with E-state index in [9.17, 15) is 5.11 Å². The molecule has 0 radical (unpaired) electrons. The van der Waals surface area contributed by atoms with Crippen LogP contribution >= 0.6 is 11.3 Å². The number of hydrogen-bond acceptors (Lipinski definition) is 5. The topological polar surface area (TPSA) is 57.7 Å². The van der Waals surface area contributed by atoms with Crippen molar-refractivity contribution in [2.45, 2.75) is 19.0 Å². The van der Waals surface area contributed by atoms with E-state index >= 15 is 0 Å². The van der Waals surface area contributed by atoms with Gasteiger partial charge in [-0.1, -0.05) is 0 Å². The van der Waals surface area contributed by atoms with Crippen LogP contribution in [0.1, 0.15) is 12.8 Å². The minimum Gasteiger partial charge on any atom is -0.394 e. The second-order valence-corrected chi connectivity index (χ2v) is 5.47. The fourth-order valence-corrected chi connectivity index (χ4v) is 3.33. The summed E-state index contributed by atoms with van der Waals surface area (Å²) in [6.45, 7) is 1.63. The highest BCUT2D eigenvalue weighted by atomic mass is 32.1. The summed E-state index contributed by atoms with van der Waals surface area (Å²) in [5.74, 6) is 0. The van der Waals surface area contributed by atoms with Crippen molar-refractivity contribution in [1.82, 2.24) is 9.69 Å². The normalized spacial score (nSPS) is 20.9. The van der Waals surface area contributed by atoms with Gasteiger partial charge in [0.25, 0.3) is 0 Å². The molecule has 3 heterocycles. The Balaban J connectivity index is 1.96. The Morgan fingerprint density at radius 2 is 2.39 bits per heavy atom. The van der Waals surface area contributed by atoms with Gasteiger partial charge in [-0.05, 0) is 30.4 Å². The molecule has 1 aliphatic heterocycles. The van der Waals surface area contributed by atoms with Gasteiger partial charge in [0.1, 0.15) is 0 Å². The molecule has 2 aromatic rings. The number of nitrogens with two attached hydrogens (primary N) is 1. The molecule has 3 N–H and O–H groups in total. The minimum atomic E-state index is 0.0487. The maximum Gasteiger partial charge on any atom is 0.0817 e. The highest BCUT2D eigenvalue weighted by Gasteiger charge is 2.27. The van der Waals surface area contributed by atoms with Gasteiger partial charge in [0, 0.05) is 12.7 Å². The molecule has 1 atom stereocenters. The number of fused-ring (bicyclic) bond motifs is 1. The van der Waals surface area contributed by atoms with Crippen LogP contribution < -0.4 is 10.9 Å². The average Bonchev–Trinajstić information content (AvgIpc) is 3.02. The molecule has 0 bridgehead atoms. The molecule has 1 saturated heterocycles. The predicted molar refractivity (Wildman–Crippen MR) is 73.9 cm³/mol. The molecule has 2 aromatic heterocycles.